The van der Waals surface area contributed by atoms with Crippen LogP contribution in [0.4, 0.5) is 4.39 Å². The van der Waals surface area contributed by atoms with Gasteiger partial charge in [-0.25, -0.2) is 9.37 Å². The smallest absolute Gasteiger partial charge is 0.310 e. The number of pyridine rings is 1. The minimum atomic E-state index is -0.820. The number of carboxylic acid groups (broad SMARTS) is 1. The molecule has 1 fully saturated rings. The van der Waals surface area contributed by atoms with E-state index in [1.165, 1.54) is 12.1 Å². The van der Waals surface area contributed by atoms with Gasteiger partial charge in [0, 0.05) is 6.42 Å². The molecule has 0 aliphatic heterocycles. The monoisotopic (exact) mass is 291 g/mol. The maximum Gasteiger partial charge on any atom is 0.310 e. The average molecular weight is 291 g/mol. The highest BCUT2D eigenvalue weighted by Gasteiger charge is 2.42. The third-order valence-electron chi connectivity index (χ3n) is 3.93. The molecule has 0 atom stereocenters. The van der Waals surface area contributed by atoms with Crippen molar-refractivity contribution in [2.45, 2.75) is 32.1 Å². The van der Waals surface area contributed by atoms with Crippen molar-refractivity contribution >= 4 is 5.97 Å². The number of carboxylic acids is 1. The van der Waals surface area contributed by atoms with Gasteiger partial charge in [0.25, 0.3) is 0 Å². The summed E-state index contributed by atoms with van der Waals surface area (Å²) in [5.41, 5.74) is -0.415. The van der Waals surface area contributed by atoms with Gasteiger partial charge in [0.05, 0.1) is 11.6 Å². The lowest BCUT2D eigenvalue weighted by molar-refractivity contribution is -0.148. The second kappa shape index (κ2) is 5.23. The van der Waals surface area contributed by atoms with E-state index in [1.807, 2.05) is 0 Å². The Balaban J connectivity index is 1.82. The summed E-state index contributed by atoms with van der Waals surface area (Å²) in [7, 11) is 0. The van der Waals surface area contributed by atoms with Gasteiger partial charge in [-0.05, 0) is 25.0 Å². The molecule has 0 spiro atoms. The van der Waals surface area contributed by atoms with Crippen LogP contribution in [0.3, 0.4) is 0 Å². The van der Waals surface area contributed by atoms with Gasteiger partial charge < -0.3 is 9.63 Å². The summed E-state index contributed by atoms with van der Waals surface area (Å²) in [5.74, 6) is -0.748. The topological polar surface area (TPSA) is 89.1 Å². The maximum atomic E-state index is 12.8. The molecule has 2 aromatic rings. The van der Waals surface area contributed by atoms with Crippen molar-refractivity contribution in [2.75, 3.05) is 0 Å². The minimum Gasteiger partial charge on any atom is -0.481 e. The van der Waals surface area contributed by atoms with Crippen LogP contribution in [0, 0.1) is 11.2 Å². The van der Waals surface area contributed by atoms with E-state index in [-0.39, 0.29) is 18.1 Å². The lowest BCUT2D eigenvalue weighted by Crippen LogP contribution is -2.30. The van der Waals surface area contributed by atoms with Crippen LogP contribution < -0.4 is 0 Å². The van der Waals surface area contributed by atoms with E-state index in [9.17, 15) is 14.3 Å². The van der Waals surface area contributed by atoms with Crippen molar-refractivity contribution in [1.82, 2.24) is 15.1 Å². The molecule has 1 N–H and O–H groups in total. The summed E-state index contributed by atoms with van der Waals surface area (Å²) in [6.07, 6.45) is 4.32. The Hall–Kier alpha value is -2.31. The summed E-state index contributed by atoms with van der Waals surface area (Å²) < 4.78 is 18.0. The molecule has 7 heteroatoms. The minimum absolute atomic E-state index is 0.219. The van der Waals surface area contributed by atoms with Crippen LogP contribution in [-0.4, -0.2) is 26.2 Å². The van der Waals surface area contributed by atoms with Gasteiger partial charge in [-0.2, -0.15) is 4.98 Å². The van der Waals surface area contributed by atoms with Crippen LogP contribution in [0.5, 0.6) is 0 Å². The zero-order valence-corrected chi connectivity index (χ0v) is 11.3. The van der Waals surface area contributed by atoms with E-state index in [0.717, 1.165) is 19.0 Å². The molecule has 0 amide bonds. The summed E-state index contributed by atoms with van der Waals surface area (Å²) in [6, 6.07) is 2.71. The quantitative estimate of drug-likeness (QED) is 0.930. The maximum absolute atomic E-state index is 12.8. The van der Waals surface area contributed by atoms with Gasteiger partial charge in [0.15, 0.2) is 0 Å². The van der Waals surface area contributed by atoms with Crippen molar-refractivity contribution in [2.24, 2.45) is 5.41 Å². The zero-order chi connectivity index (χ0) is 14.9. The fraction of sp³-hybridized carbons (Fsp3) is 0.429. The van der Waals surface area contributed by atoms with Crippen LogP contribution in [0.1, 0.15) is 31.6 Å². The first-order chi connectivity index (χ1) is 10.1. The SMILES string of the molecule is O=C(O)C1(Cc2nc(-c3ccc(F)cn3)no2)CCCC1. The number of hydrogen-bond acceptors (Lipinski definition) is 5. The largest absolute Gasteiger partial charge is 0.481 e. The summed E-state index contributed by atoms with van der Waals surface area (Å²) in [5, 5.41) is 13.2. The van der Waals surface area contributed by atoms with E-state index in [0.29, 0.717) is 18.5 Å². The molecular formula is C14H14FN3O3. The fourth-order valence-corrected chi connectivity index (χ4v) is 2.75. The van der Waals surface area contributed by atoms with Gasteiger partial charge in [-0.3, -0.25) is 4.79 Å². The van der Waals surface area contributed by atoms with E-state index in [4.69, 9.17) is 4.52 Å². The summed E-state index contributed by atoms with van der Waals surface area (Å²) >= 11 is 0. The number of carbonyl (C=O) groups is 1. The molecule has 6 nitrogen and oxygen atoms in total. The van der Waals surface area contributed by atoms with E-state index in [1.54, 1.807) is 0 Å². The molecule has 0 saturated heterocycles. The first kappa shape index (κ1) is 13.7. The van der Waals surface area contributed by atoms with Crippen LogP contribution >= 0.6 is 0 Å². The molecule has 0 radical (unpaired) electrons. The van der Waals surface area contributed by atoms with Gasteiger partial charge in [-0.15, -0.1) is 0 Å². The number of hydrogen-bond donors (Lipinski definition) is 1. The molecule has 2 heterocycles. The van der Waals surface area contributed by atoms with Crippen molar-refractivity contribution in [3.8, 4) is 11.5 Å². The Morgan fingerprint density at radius 3 is 2.76 bits per heavy atom. The van der Waals surface area contributed by atoms with Crippen LogP contribution in [0.25, 0.3) is 11.5 Å². The van der Waals surface area contributed by atoms with Crippen molar-refractivity contribution in [3.63, 3.8) is 0 Å². The highest BCUT2D eigenvalue weighted by Crippen LogP contribution is 2.41. The second-order valence-corrected chi connectivity index (χ2v) is 5.34. The Kier molecular flexibility index (Phi) is 3.40. The van der Waals surface area contributed by atoms with E-state index < -0.39 is 17.2 Å². The van der Waals surface area contributed by atoms with Gasteiger partial charge in [-0.1, -0.05) is 18.0 Å². The number of aliphatic carboxylic acids is 1. The molecule has 2 aromatic heterocycles. The van der Waals surface area contributed by atoms with Gasteiger partial charge in [0.2, 0.25) is 11.7 Å². The van der Waals surface area contributed by atoms with Crippen molar-refractivity contribution < 1.29 is 18.8 Å². The summed E-state index contributed by atoms with van der Waals surface area (Å²) in [4.78, 5) is 19.5. The Morgan fingerprint density at radius 2 is 2.14 bits per heavy atom. The van der Waals surface area contributed by atoms with Crippen LogP contribution in [-0.2, 0) is 11.2 Å². The average Bonchev–Trinajstić information content (AvgIpc) is 3.10. The van der Waals surface area contributed by atoms with Crippen molar-refractivity contribution in [3.05, 3.63) is 30.0 Å². The third kappa shape index (κ3) is 2.63. The number of rotatable bonds is 4. The number of halogens is 1. The molecule has 1 saturated carbocycles. The first-order valence-electron chi connectivity index (χ1n) is 6.77. The molecule has 0 bridgehead atoms. The third-order valence-corrected chi connectivity index (χ3v) is 3.93. The highest BCUT2D eigenvalue weighted by atomic mass is 19.1. The highest BCUT2D eigenvalue weighted by molar-refractivity contribution is 5.75. The lowest BCUT2D eigenvalue weighted by atomic mass is 9.83. The standard InChI is InChI=1S/C14H14FN3O3/c15-9-3-4-10(16-8-9)12-17-11(21-18-12)7-14(13(19)20)5-1-2-6-14/h3-4,8H,1-2,5-7H2,(H,19,20). The summed E-state index contributed by atoms with van der Waals surface area (Å²) in [6.45, 7) is 0. The normalized spacial score (nSPS) is 17.0. The Morgan fingerprint density at radius 1 is 1.38 bits per heavy atom. The molecule has 0 unspecified atom stereocenters. The fourth-order valence-electron chi connectivity index (χ4n) is 2.75. The lowest BCUT2D eigenvalue weighted by Gasteiger charge is -2.21. The van der Waals surface area contributed by atoms with Gasteiger partial charge >= 0.3 is 5.97 Å². The van der Waals surface area contributed by atoms with Crippen LogP contribution in [0.15, 0.2) is 22.9 Å². The second-order valence-electron chi connectivity index (χ2n) is 5.34. The van der Waals surface area contributed by atoms with E-state index >= 15 is 0 Å². The molecular weight excluding hydrogens is 277 g/mol. The molecule has 3 rings (SSSR count). The Labute approximate surface area is 120 Å². The molecule has 0 aromatic carbocycles. The number of aromatic nitrogens is 3. The first-order valence-corrected chi connectivity index (χ1v) is 6.77. The predicted molar refractivity (Wildman–Crippen MR) is 69.7 cm³/mol. The zero-order valence-electron chi connectivity index (χ0n) is 11.3. The Bertz CT molecular complexity index is 648. The molecule has 1 aliphatic carbocycles. The predicted octanol–water partition coefficient (Wildman–Crippen LogP) is 2.46. The van der Waals surface area contributed by atoms with Gasteiger partial charge in [0.1, 0.15) is 11.5 Å². The molecule has 110 valence electrons. The van der Waals surface area contributed by atoms with Crippen molar-refractivity contribution in [1.29, 1.82) is 0 Å². The molecule has 1 aliphatic rings. The number of nitrogens with zero attached hydrogens (tertiary/aromatic N) is 3. The molecule has 21 heavy (non-hydrogen) atoms. The van der Waals surface area contributed by atoms with Crippen LogP contribution in [0.2, 0.25) is 0 Å². The van der Waals surface area contributed by atoms with E-state index in [2.05, 4.69) is 15.1 Å².